The van der Waals surface area contributed by atoms with Crippen LogP contribution in [0.25, 0.3) is 0 Å². The molecule has 1 heterocycles. The van der Waals surface area contributed by atoms with Crippen LogP contribution in [0.2, 0.25) is 5.02 Å². The van der Waals surface area contributed by atoms with Crippen molar-refractivity contribution >= 4 is 34.9 Å². The summed E-state index contributed by atoms with van der Waals surface area (Å²) in [6, 6.07) is 3.10. The molecule has 1 aliphatic heterocycles. The van der Waals surface area contributed by atoms with E-state index >= 15 is 0 Å². The van der Waals surface area contributed by atoms with Crippen LogP contribution in [-0.4, -0.2) is 22.4 Å². The molecule has 0 unspecified atom stereocenters. The Labute approximate surface area is 113 Å². The lowest BCUT2D eigenvalue weighted by atomic mass is 10.1. The first kappa shape index (κ1) is 13.3. The average Bonchev–Trinajstić information content (AvgIpc) is 2.47. The lowest BCUT2D eigenvalue weighted by Gasteiger charge is -2.16. The smallest absolute Gasteiger partial charge is 0.323 e. The molecule has 1 fully saturated rings. The standard InChI is InChI=1S/C11H10ClN3O4/c1-11(2)9(16)14(10(17)13-11)6-3-4-8(15(18)19)7(12)5-6/h3-5H,1-2H3,(H,13,17). The summed E-state index contributed by atoms with van der Waals surface area (Å²) in [4.78, 5) is 34.7. The fourth-order valence-corrected chi connectivity index (χ4v) is 2.01. The Morgan fingerprint density at radius 3 is 2.42 bits per heavy atom. The lowest BCUT2D eigenvalue weighted by Crippen LogP contribution is -2.40. The van der Waals surface area contributed by atoms with Gasteiger partial charge in [-0.05, 0) is 26.0 Å². The van der Waals surface area contributed by atoms with Gasteiger partial charge in [0.15, 0.2) is 0 Å². The molecule has 2 rings (SSSR count). The molecule has 1 aliphatic rings. The van der Waals surface area contributed by atoms with Crippen LogP contribution in [0.3, 0.4) is 0 Å². The second kappa shape index (κ2) is 4.20. The third-order valence-electron chi connectivity index (χ3n) is 2.75. The molecule has 0 aliphatic carbocycles. The number of nitro benzene ring substituents is 1. The van der Waals surface area contributed by atoms with Gasteiger partial charge in [0.25, 0.3) is 11.6 Å². The molecule has 0 radical (unpaired) electrons. The Balaban J connectivity index is 2.44. The number of hydrogen-bond donors (Lipinski definition) is 1. The monoisotopic (exact) mass is 283 g/mol. The molecule has 0 spiro atoms. The molecule has 1 aromatic carbocycles. The van der Waals surface area contributed by atoms with Crippen molar-refractivity contribution in [2.24, 2.45) is 0 Å². The van der Waals surface area contributed by atoms with Crippen molar-refractivity contribution in [3.05, 3.63) is 33.3 Å². The van der Waals surface area contributed by atoms with E-state index < -0.39 is 22.4 Å². The normalized spacial score (nSPS) is 17.5. The molecule has 1 aromatic rings. The van der Waals surface area contributed by atoms with Crippen LogP contribution in [0.4, 0.5) is 16.2 Å². The van der Waals surface area contributed by atoms with Crippen LogP contribution in [0.1, 0.15) is 13.8 Å². The van der Waals surface area contributed by atoms with Crippen molar-refractivity contribution in [3.63, 3.8) is 0 Å². The van der Waals surface area contributed by atoms with Gasteiger partial charge in [0.05, 0.1) is 10.6 Å². The van der Waals surface area contributed by atoms with Crippen molar-refractivity contribution in [2.75, 3.05) is 4.90 Å². The molecular weight excluding hydrogens is 274 g/mol. The number of nitrogens with one attached hydrogen (secondary N) is 1. The van der Waals surface area contributed by atoms with Crippen LogP contribution in [0, 0.1) is 10.1 Å². The van der Waals surface area contributed by atoms with E-state index in [2.05, 4.69) is 5.32 Å². The van der Waals surface area contributed by atoms with Gasteiger partial charge in [-0.2, -0.15) is 0 Å². The topological polar surface area (TPSA) is 92.6 Å². The van der Waals surface area contributed by atoms with Gasteiger partial charge in [0, 0.05) is 6.07 Å². The van der Waals surface area contributed by atoms with Crippen molar-refractivity contribution in [2.45, 2.75) is 19.4 Å². The van der Waals surface area contributed by atoms with E-state index in [0.29, 0.717) is 0 Å². The molecule has 3 amide bonds. The molecule has 0 saturated carbocycles. The molecule has 1 N–H and O–H groups in total. The number of nitro groups is 1. The van der Waals surface area contributed by atoms with E-state index in [-0.39, 0.29) is 16.4 Å². The van der Waals surface area contributed by atoms with Gasteiger partial charge in [0.2, 0.25) is 0 Å². The molecule has 1 saturated heterocycles. The van der Waals surface area contributed by atoms with Crippen LogP contribution < -0.4 is 10.2 Å². The minimum atomic E-state index is -1.01. The summed E-state index contributed by atoms with van der Waals surface area (Å²) >= 11 is 5.76. The van der Waals surface area contributed by atoms with E-state index in [1.165, 1.54) is 12.1 Å². The molecule has 0 aromatic heterocycles. The number of rotatable bonds is 2. The van der Waals surface area contributed by atoms with Crippen molar-refractivity contribution < 1.29 is 14.5 Å². The zero-order valence-corrected chi connectivity index (χ0v) is 10.9. The highest BCUT2D eigenvalue weighted by molar-refractivity contribution is 6.33. The van der Waals surface area contributed by atoms with Gasteiger partial charge in [-0.15, -0.1) is 0 Å². The lowest BCUT2D eigenvalue weighted by molar-refractivity contribution is -0.384. The summed E-state index contributed by atoms with van der Waals surface area (Å²) in [5.74, 6) is -0.442. The van der Waals surface area contributed by atoms with Gasteiger partial charge in [-0.25, -0.2) is 9.69 Å². The predicted molar refractivity (Wildman–Crippen MR) is 68.2 cm³/mol. The number of halogens is 1. The van der Waals surface area contributed by atoms with Crippen LogP contribution in [0.5, 0.6) is 0 Å². The molecule has 19 heavy (non-hydrogen) atoms. The van der Waals surface area contributed by atoms with Crippen molar-refractivity contribution in [1.29, 1.82) is 0 Å². The number of anilines is 1. The highest BCUT2D eigenvalue weighted by Gasteiger charge is 2.45. The molecule has 7 nitrogen and oxygen atoms in total. The Kier molecular flexibility index (Phi) is 2.94. The van der Waals surface area contributed by atoms with Crippen LogP contribution in [0.15, 0.2) is 18.2 Å². The average molecular weight is 284 g/mol. The maximum atomic E-state index is 12.0. The second-order valence-corrected chi connectivity index (χ2v) is 5.00. The summed E-state index contributed by atoms with van der Waals surface area (Å²) in [5, 5.41) is 13.0. The summed E-state index contributed by atoms with van der Waals surface area (Å²) in [6.07, 6.45) is 0. The Morgan fingerprint density at radius 2 is 2.00 bits per heavy atom. The van der Waals surface area contributed by atoms with Crippen molar-refractivity contribution in [1.82, 2.24) is 5.32 Å². The first-order valence-corrected chi connectivity index (χ1v) is 5.72. The zero-order chi connectivity index (χ0) is 14.4. The number of benzene rings is 1. The summed E-state index contributed by atoms with van der Waals surface area (Å²) in [7, 11) is 0. The number of imide groups is 1. The number of amides is 3. The maximum Gasteiger partial charge on any atom is 0.329 e. The molecule has 8 heteroatoms. The minimum Gasteiger partial charge on any atom is -0.323 e. The van der Waals surface area contributed by atoms with Gasteiger partial charge >= 0.3 is 6.03 Å². The Morgan fingerprint density at radius 1 is 1.37 bits per heavy atom. The molecule has 100 valence electrons. The van der Waals surface area contributed by atoms with E-state index in [1.807, 2.05) is 0 Å². The number of urea groups is 1. The Bertz CT molecular complexity index is 600. The fraction of sp³-hybridized carbons (Fsp3) is 0.273. The van der Waals surface area contributed by atoms with E-state index in [1.54, 1.807) is 13.8 Å². The highest BCUT2D eigenvalue weighted by Crippen LogP contribution is 2.31. The third kappa shape index (κ3) is 2.12. The summed E-state index contributed by atoms with van der Waals surface area (Å²) in [5.41, 5.74) is -1.09. The number of hydrogen-bond acceptors (Lipinski definition) is 4. The molecule has 0 bridgehead atoms. The maximum absolute atomic E-state index is 12.0. The number of carbonyl (C=O) groups is 2. The van der Waals surface area contributed by atoms with Crippen LogP contribution in [-0.2, 0) is 4.79 Å². The fourth-order valence-electron chi connectivity index (χ4n) is 1.77. The minimum absolute atomic E-state index is 0.132. The SMILES string of the molecule is CC1(C)NC(=O)N(c2ccc([N+](=O)[O-])c(Cl)c2)C1=O. The molecular formula is C11H10ClN3O4. The third-order valence-corrected chi connectivity index (χ3v) is 3.05. The largest absolute Gasteiger partial charge is 0.329 e. The first-order valence-electron chi connectivity index (χ1n) is 5.34. The van der Waals surface area contributed by atoms with Gasteiger partial charge in [-0.1, -0.05) is 11.6 Å². The Hall–Kier alpha value is -2.15. The zero-order valence-electron chi connectivity index (χ0n) is 10.1. The van der Waals surface area contributed by atoms with Crippen molar-refractivity contribution in [3.8, 4) is 0 Å². The van der Waals surface area contributed by atoms with Gasteiger partial charge < -0.3 is 5.32 Å². The van der Waals surface area contributed by atoms with Gasteiger partial charge in [0.1, 0.15) is 10.6 Å². The van der Waals surface area contributed by atoms with E-state index in [9.17, 15) is 19.7 Å². The second-order valence-electron chi connectivity index (χ2n) is 4.59. The summed E-state index contributed by atoms with van der Waals surface area (Å²) in [6.45, 7) is 3.14. The number of carbonyl (C=O) groups excluding carboxylic acids is 2. The highest BCUT2D eigenvalue weighted by atomic mass is 35.5. The summed E-state index contributed by atoms with van der Waals surface area (Å²) < 4.78 is 0. The van der Waals surface area contributed by atoms with Crippen LogP contribution >= 0.6 is 11.6 Å². The molecule has 0 atom stereocenters. The van der Waals surface area contributed by atoms with E-state index in [0.717, 1.165) is 11.0 Å². The number of nitrogens with zero attached hydrogens (tertiary/aromatic N) is 2. The first-order chi connectivity index (χ1) is 8.74. The quantitative estimate of drug-likeness (QED) is 0.511. The van der Waals surface area contributed by atoms with E-state index in [4.69, 9.17) is 11.6 Å². The van der Waals surface area contributed by atoms with Gasteiger partial charge in [-0.3, -0.25) is 14.9 Å². The predicted octanol–water partition coefficient (Wildman–Crippen LogP) is 2.08.